The average molecular weight is 272 g/mol. The van der Waals surface area contributed by atoms with E-state index in [1.807, 2.05) is 0 Å². The highest BCUT2D eigenvalue weighted by molar-refractivity contribution is 5.82. The second kappa shape index (κ2) is 6.75. The molecule has 19 heavy (non-hydrogen) atoms. The Morgan fingerprint density at radius 3 is 2.47 bits per heavy atom. The number of esters is 1. The highest BCUT2D eigenvalue weighted by Gasteiger charge is 2.32. The number of carbonyl (C=O) groups excluding carboxylic acids is 2. The summed E-state index contributed by atoms with van der Waals surface area (Å²) in [4.78, 5) is 23.5. The molecule has 2 N–H and O–H groups in total. The van der Waals surface area contributed by atoms with Gasteiger partial charge in [0.1, 0.15) is 11.6 Å². The van der Waals surface area contributed by atoms with Crippen molar-refractivity contribution in [1.82, 2.24) is 10.6 Å². The van der Waals surface area contributed by atoms with Gasteiger partial charge in [-0.05, 0) is 40.2 Å². The number of carbonyl (C=O) groups is 2. The highest BCUT2D eigenvalue weighted by Crippen LogP contribution is 2.13. The number of ether oxygens (including phenoxy) is 2. The van der Waals surface area contributed by atoms with Crippen molar-refractivity contribution < 1.29 is 19.1 Å². The molecule has 0 bridgehead atoms. The van der Waals surface area contributed by atoms with Crippen molar-refractivity contribution in [3.63, 3.8) is 0 Å². The summed E-state index contributed by atoms with van der Waals surface area (Å²) in [5, 5.41) is 5.83. The molecule has 1 fully saturated rings. The van der Waals surface area contributed by atoms with Crippen molar-refractivity contribution in [1.29, 1.82) is 0 Å². The van der Waals surface area contributed by atoms with Crippen molar-refractivity contribution >= 4 is 12.1 Å². The Balaban J connectivity index is 2.64. The maximum Gasteiger partial charge on any atom is 0.408 e. The molecular weight excluding hydrogens is 248 g/mol. The summed E-state index contributed by atoms with van der Waals surface area (Å²) in [7, 11) is 1.31. The molecule has 110 valence electrons. The summed E-state index contributed by atoms with van der Waals surface area (Å²) in [5.74, 6) is -0.453. The number of piperidine rings is 1. The van der Waals surface area contributed by atoms with E-state index in [0.29, 0.717) is 0 Å². The second-order valence-corrected chi connectivity index (χ2v) is 5.70. The molecule has 1 aliphatic rings. The third kappa shape index (κ3) is 5.46. The number of nitrogens with one attached hydrogen (secondary N) is 2. The zero-order valence-electron chi connectivity index (χ0n) is 12.1. The molecule has 0 aromatic rings. The quantitative estimate of drug-likeness (QED) is 0.755. The Morgan fingerprint density at radius 1 is 1.32 bits per heavy atom. The van der Waals surface area contributed by atoms with E-state index in [4.69, 9.17) is 9.47 Å². The number of hydrogen-bond acceptors (Lipinski definition) is 5. The van der Waals surface area contributed by atoms with Crippen LogP contribution in [0.4, 0.5) is 4.79 Å². The normalized spacial score (nSPS) is 21.4. The number of rotatable bonds is 3. The fourth-order valence-corrected chi connectivity index (χ4v) is 2.05. The van der Waals surface area contributed by atoms with Crippen LogP contribution < -0.4 is 10.6 Å². The largest absolute Gasteiger partial charge is 0.467 e. The number of alkyl carbamates (subject to hydrolysis) is 1. The van der Waals surface area contributed by atoms with Gasteiger partial charge in [0.15, 0.2) is 0 Å². The van der Waals surface area contributed by atoms with Crippen LogP contribution in [0.2, 0.25) is 0 Å². The molecule has 0 saturated carbocycles. The predicted molar refractivity (Wildman–Crippen MR) is 70.8 cm³/mol. The molecule has 2 atom stereocenters. The molecule has 1 rings (SSSR count). The Labute approximate surface area is 114 Å². The van der Waals surface area contributed by atoms with Gasteiger partial charge in [-0.1, -0.05) is 6.42 Å². The van der Waals surface area contributed by atoms with Gasteiger partial charge < -0.3 is 20.1 Å². The second-order valence-electron chi connectivity index (χ2n) is 5.70. The standard InChI is InChI=1S/C13H24N2O4/c1-13(2,3)19-12(17)15-10(11(16)18-4)9-7-5-6-8-14-9/h9-10,14H,5-8H2,1-4H3,(H,15,17). The minimum absolute atomic E-state index is 0.103. The van der Waals surface area contributed by atoms with E-state index in [0.717, 1.165) is 25.8 Å². The van der Waals surface area contributed by atoms with Crippen LogP contribution in [0.25, 0.3) is 0 Å². The van der Waals surface area contributed by atoms with Crippen molar-refractivity contribution in [2.24, 2.45) is 0 Å². The first-order valence-electron chi connectivity index (χ1n) is 6.64. The molecule has 1 amide bonds. The smallest absolute Gasteiger partial charge is 0.408 e. The van der Waals surface area contributed by atoms with Crippen molar-refractivity contribution in [2.75, 3.05) is 13.7 Å². The van der Waals surface area contributed by atoms with Gasteiger partial charge in [-0.3, -0.25) is 0 Å². The number of methoxy groups -OCH3 is 1. The highest BCUT2D eigenvalue weighted by atomic mass is 16.6. The summed E-state index contributed by atoms with van der Waals surface area (Å²) >= 11 is 0. The summed E-state index contributed by atoms with van der Waals surface area (Å²) in [5.41, 5.74) is -0.593. The lowest BCUT2D eigenvalue weighted by molar-refractivity contribution is -0.144. The molecule has 1 heterocycles. The van der Waals surface area contributed by atoms with Crippen LogP contribution in [0.3, 0.4) is 0 Å². The lowest BCUT2D eigenvalue weighted by Crippen LogP contribution is -2.56. The molecule has 0 aromatic carbocycles. The lowest BCUT2D eigenvalue weighted by atomic mass is 9.98. The van der Waals surface area contributed by atoms with Crippen LogP contribution in [-0.2, 0) is 14.3 Å². The zero-order chi connectivity index (χ0) is 14.5. The van der Waals surface area contributed by atoms with Crippen LogP contribution in [0.15, 0.2) is 0 Å². The van der Waals surface area contributed by atoms with Gasteiger partial charge in [0.25, 0.3) is 0 Å². The van der Waals surface area contributed by atoms with Crippen LogP contribution in [0.5, 0.6) is 0 Å². The summed E-state index contributed by atoms with van der Waals surface area (Å²) in [6.45, 7) is 6.17. The molecule has 0 radical (unpaired) electrons. The molecule has 2 unspecified atom stereocenters. The monoisotopic (exact) mass is 272 g/mol. The maximum absolute atomic E-state index is 11.8. The first kappa shape index (κ1) is 15.8. The third-order valence-electron chi connectivity index (χ3n) is 2.88. The predicted octanol–water partition coefficient (Wildman–Crippen LogP) is 1.19. The van der Waals surface area contributed by atoms with Crippen LogP contribution in [-0.4, -0.2) is 43.4 Å². The fourth-order valence-electron chi connectivity index (χ4n) is 2.05. The van der Waals surface area contributed by atoms with Gasteiger partial charge >= 0.3 is 12.1 Å². The Hall–Kier alpha value is -1.30. The van der Waals surface area contributed by atoms with E-state index in [1.54, 1.807) is 20.8 Å². The number of hydrogen-bond donors (Lipinski definition) is 2. The first-order chi connectivity index (χ1) is 8.83. The van der Waals surface area contributed by atoms with E-state index in [2.05, 4.69) is 10.6 Å². The van der Waals surface area contributed by atoms with Crippen molar-refractivity contribution in [3.8, 4) is 0 Å². The molecule has 0 spiro atoms. The molecule has 6 nitrogen and oxygen atoms in total. The Morgan fingerprint density at radius 2 is 2.00 bits per heavy atom. The molecule has 6 heteroatoms. The molecule has 1 aliphatic heterocycles. The van der Waals surface area contributed by atoms with Gasteiger partial charge in [-0.2, -0.15) is 0 Å². The van der Waals surface area contributed by atoms with Crippen LogP contribution >= 0.6 is 0 Å². The van der Waals surface area contributed by atoms with E-state index in [1.165, 1.54) is 7.11 Å². The average Bonchev–Trinajstić information content (AvgIpc) is 2.34. The van der Waals surface area contributed by atoms with E-state index < -0.39 is 23.7 Å². The summed E-state index contributed by atoms with van der Waals surface area (Å²) in [6, 6.07) is -0.811. The van der Waals surface area contributed by atoms with Crippen LogP contribution in [0.1, 0.15) is 40.0 Å². The van der Waals surface area contributed by atoms with E-state index in [-0.39, 0.29) is 6.04 Å². The molecule has 1 saturated heterocycles. The van der Waals surface area contributed by atoms with Gasteiger partial charge in [0.05, 0.1) is 7.11 Å². The van der Waals surface area contributed by atoms with E-state index >= 15 is 0 Å². The molecule has 0 aliphatic carbocycles. The Kier molecular flexibility index (Phi) is 5.60. The minimum Gasteiger partial charge on any atom is -0.467 e. The lowest BCUT2D eigenvalue weighted by Gasteiger charge is -2.30. The van der Waals surface area contributed by atoms with Crippen LogP contribution in [0, 0.1) is 0 Å². The summed E-state index contributed by atoms with van der Waals surface area (Å²) in [6.07, 6.45) is 2.34. The minimum atomic E-state index is -0.708. The van der Waals surface area contributed by atoms with Gasteiger partial charge in [0.2, 0.25) is 0 Å². The van der Waals surface area contributed by atoms with Gasteiger partial charge in [-0.15, -0.1) is 0 Å². The molecule has 0 aromatic heterocycles. The first-order valence-corrected chi connectivity index (χ1v) is 6.64. The SMILES string of the molecule is COC(=O)C(NC(=O)OC(C)(C)C)C1CCCCN1. The fraction of sp³-hybridized carbons (Fsp3) is 0.846. The van der Waals surface area contributed by atoms with Gasteiger partial charge in [0, 0.05) is 6.04 Å². The third-order valence-corrected chi connectivity index (χ3v) is 2.88. The zero-order valence-corrected chi connectivity index (χ0v) is 12.1. The summed E-state index contributed by atoms with van der Waals surface area (Å²) < 4.78 is 9.92. The maximum atomic E-state index is 11.8. The van der Waals surface area contributed by atoms with E-state index in [9.17, 15) is 9.59 Å². The van der Waals surface area contributed by atoms with Crippen molar-refractivity contribution in [3.05, 3.63) is 0 Å². The Bertz CT molecular complexity index is 319. The van der Waals surface area contributed by atoms with Crippen molar-refractivity contribution in [2.45, 2.75) is 57.7 Å². The number of amides is 1. The topological polar surface area (TPSA) is 76.7 Å². The van der Waals surface area contributed by atoms with Gasteiger partial charge in [-0.25, -0.2) is 9.59 Å². The molecular formula is C13H24N2O4.